The summed E-state index contributed by atoms with van der Waals surface area (Å²) in [6.07, 6.45) is 0. The first-order valence-corrected chi connectivity index (χ1v) is 6.42. The maximum atomic E-state index is 13.8. The van der Waals surface area contributed by atoms with E-state index < -0.39 is 22.8 Å². The van der Waals surface area contributed by atoms with E-state index in [0.29, 0.717) is 17.1 Å². The average Bonchev–Trinajstić information content (AvgIpc) is 2.51. The van der Waals surface area contributed by atoms with Crippen LogP contribution in [0.2, 0.25) is 0 Å². The highest BCUT2D eigenvalue weighted by Gasteiger charge is 2.21. The fraction of sp³-hybridized carbons (Fsp3) is 0.200. The van der Waals surface area contributed by atoms with Crippen molar-refractivity contribution in [3.63, 3.8) is 0 Å². The van der Waals surface area contributed by atoms with Crippen molar-refractivity contribution < 1.29 is 22.6 Å². The van der Waals surface area contributed by atoms with Crippen molar-refractivity contribution in [3.05, 3.63) is 58.9 Å². The van der Waals surface area contributed by atoms with Gasteiger partial charge in [-0.1, -0.05) is 12.1 Å². The zero-order chi connectivity index (χ0) is 15.6. The third-order valence-electron chi connectivity index (χ3n) is 3.04. The SMILES string of the molecule is COc1ccc(C(Cl)c2ccc(F)c(F)c2F)cc1OC. The number of benzene rings is 2. The standard InChI is InChI=1S/C15H12ClF3O2/c1-20-11-6-3-8(7-12(11)21-2)13(16)9-4-5-10(17)15(19)14(9)18/h3-7,13H,1-2H3. The van der Waals surface area contributed by atoms with Crippen molar-refractivity contribution >= 4 is 11.6 Å². The molecule has 21 heavy (non-hydrogen) atoms. The van der Waals surface area contributed by atoms with Gasteiger partial charge in [-0.05, 0) is 23.8 Å². The van der Waals surface area contributed by atoms with E-state index in [9.17, 15) is 13.2 Å². The first-order chi connectivity index (χ1) is 9.99. The minimum atomic E-state index is -1.54. The van der Waals surface area contributed by atoms with Gasteiger partial charge in [-0.15, -0.1) is 11.6 Å². The van der Waals surface area contributed by atoms with Crippen LogP contribution in [-0.4, -0.2) is 14.2 Å². The van der Waals surface area contributed by atoms with Crippen molar-refractivity contribution in [2.45, 2.75) is 5.38 Å². The van der Waals surface area contributed by atoms with Crippen molar-refractivity contribution in [2.24, 2.45) is 0 Å². The smallest absolute Gasteiger partial charge is 0.194 e. The highest BCUT2D eigenvalue weighted by atomic mass is 35.5. The largest absolute Gasteiger partial charge is 0.493 e. The molecule has 1 atom stereocenters. The maximum Gasteiger partial charge on any atom is 0.194 e. The van der Waals surface area contributed by atoms with Gasteiger partial charge in [-0.2, -0.15) is 0 Å². The van der Waals surface area contributed by atoms with E-state index in [4.69, 9.17) is 21.1 Å². The van der Waals surface area contributed by atoms with E-state index >= 15 is 0 Å². The number of rotatable bonds is 4. The Labute approximate surface area is 125 Å². The lowest BCUT2D eigenvalue weighted by Crippen LogP contribution is -2.02. The first kappa shape index (κ1) is 15.5. The molecule has 0 saturated heterocycles. The average molecular weight is 317 g/mol. The normalized spacial score (nSPS) is 12.1. The van der Waals surface area contributed by atoms with Gasteiger partial charge in [0.25, 0.3) is 0 Å². The molecule has 2 nitrogen and oxygen atoms in total. The van der Waals surface area contributed by atoms with Gasteiger partial charge in [0, 0.05) is 5.56 Å². The Morgan fingerprint density at radius 3 is 2.19 bits per heavy atom. The molecule has 2 aromatic carbocycles. The van der Waals surface area contributed by atoms with Crippen LogP contribution in [0.15, 0.2) is 30.3 Å². The predicted octanol–water partition coefficient (Wildman–Crippen LogP) is 4.45. The Kier molecular flexibility index (Phi) is 4.63. The predicted molar refractivity (Wildman–Crippen MR) is 73.6 cm³/mol. The third kappa shape index (κ3) is 2.93. The Hall–Kier alpha value is -1.88. The minimum absolute atomic E-state index is 0.150. The molecular weight excluding hydrogens is 305 g/mol. The summed E-state index contributed by atoms with van der Waals surface area (Å²) < 4.78 is 50.2. The Balaban J connectivity index is 2.45. The van der Waals surface area contributed by atoms with Crippen molar-refractivity contribution in [3.8, 4) is 11.5 Å². The van der Waals surface area contributed by atoms with Crippen molar-refractivity contribution in [1.82, 2.24) is 0 Å². The number of hydrogen-bond acceptors (Lipinski definition) is 2. The number of halogens is 4. The highest BCUT2D eigenvalue weighted by Crippen LogP contribution is 2.36. The summed E-state index contributed by atoms with van der Waals surface area (Å²) in [5, 5.41) is -0.986. The van der Waals surface area contributed by atoms with Gasteiger partial charge in [0.15, 0.2) is 29.0 Å². The van der Waals surface area contributed by atoms with Gasteiger partial charge in [0.2, 0.25) is 0 Å². The van der Waals surface area contributed by atoms with E-state index in [1.807, 2.05) is 0 Å². The lowest BCUT2D eigenvalue weighted by Gasteiger charge is -2.14. The van der Waals surface area contributed by atoms with Crippen LogP contribution in [0.25, 0.3) is 0 Å². The number of alkyl halides is 1. The molecule has 0 radical (unpaired) electrons. The fourth-order valence-electron chi connectivity index (χ4n) is 1.93. The summed E-state index contributed by atoms with van der Waals surface area (Å²) in [5.74, 6) is -3.21. The number of ether oxygens (including phenoxy) is 2. The number of hydrogen-bond donors (Lipinski definition) is 0. The Morgan fingerprint density at radius 2 is 1.57 bits per heavy atom. The van der Waals surface area contributed by atoms with Crippen LogP contribution in [0.1, 0.15) is 16.5 Å². The molecule has 0 aliphatic heterocycles. The monoisotopic (exact) mass is 316 g/mol. The molecule has 0 fully saturated rings. The lowest BCUT2D eigenvalue weighted by molar-refractivity contribution is 0.354. The number of methoxy groups -OCH3 is 2. The van der Waals surface area contributed by atoms with E-state index in [0.717, 1.165) is 12.1 Å². The second-order valence-electron chi connectivity index (χ2n) is 4.24. The molecule has 6 heteroatoms. The van der Waals surface area contributed by atoms with E-state index in [1.165, 1.54) is 14.2 Å². The zero-order valence-electron chi connectivity index (χ0n) is 11.3. The molecule has 2 rings (SSSR count). The molecule has 1 unspecified atom stereocenters. The van der Waals surface area contributed by atoms with Crippen LogP contribution in [0.3, 0.4) is 0 Å². The quantitative estimate of drug-likeness (QED) is 0.613. The molecule has 0 aliphatic carbocycles. The summed E-state index contributed by atoms with van der Waals surface area (Å²) in [4.78, 5) is 0. The van der Waals surface area contributed by atoms with Gasteiger partial charge < -0.3 is 9.47 Å². The summed E-state index contributed by atoms with van der Waals surface area (Å²) >= 11 is 6.16. The molecule has 0 bridgehead atoms. The summed E-state index contributed by atoms with van der Waals surface area (Å²) in [6, 6.07) is 6.70. The Bertz CT molecular complexity index is 662. The van der Waals surface area contributed by atoms with Crippen LogP contribution in [0.4, 0.5) is 13.2 Å². The molecule has 0 heterocycles. The summed E-state index contributed by atoms with van der Waals surface area (Å²) in [6.45, 7) is 0. The molecule has 0 aliphatic rings. The molecule has 0 N–H and O–H groups in total. The second kappa shape index (κ2) is 6.26. The zero-order valence-corrected chi connectivity index (χ0v) is 12.0. The van der Waals surface area contributed by atoms with Crippen LogP contribution in [0, 0.1) is 17.5 Å². The molecule has 0 amide bonds. The van der Waals surface area contributed by atoms with E-state index in [2.05, 4.69) is 0 Å². The second-order valence-corrected chi connectivity index (χ2v) is 4.68. The van der Waals surface area contributed by atoms with Gasteiger partial charge >= 0.3 is 0 Å². The van der Waals surface area contributed by atoms with Crippen molar-refractivity contribution in [1.29, 1.82) is 0 Å². The fourth-order valence-corrected chi connectivity index (χ4v) is 2.23. The van der Waals surface area contributed by atoms with Crippen LogP contribution in [0.5, 0.6) is 11.5 Å². The van der Waals surface area contributed by atoms with Gasteiger partial charge in [-0.3, -0.25) is 0 Å². The lowest BCUT2D eigenvalue weighted by atomic mass is 10.0. The van der Waals surface area contributed by atoms with E-state index in [1.54, 1.807) is 18.2 Å². The molecule has 112 valence electrons. The molecule has 0 saturated carbocycles. The van der Waals surface area contributed by atoms with Crippen LogP contribution < -0.4 is 9.47 Å². The van der Waals surface area contributed by atoms with Gasteiger partial charge in [0.05, 0.1) is 19.6 Å². The minimum Gasteiger partial charge on any atom is -0.493 e. The van der Waals surface area contributed by atoms with Gasteiger partial charge in [-0.25, -0.2) is 13.2 Å². The molecule has 2 aromatic rings. The first-order valence-electron chi connectivity index (χ1n) is 5.99. The van der Waals surface area contributed by atoms with Crippen LogP contribution in [-0.2, 0) is 0 Å². The van der Waals surface area contributed by atoms with Crippen LogP contribution >= 0.6 is 11.6 Å². The molecular formula is C15H12ClF3O2. The van der Waals surface area contributed by atoms with E-state index in [-0.39, 0.29) is 5.56 Å². The summed E-state index contributed by atoms with van der Waals surface area (Å²) in [7, 11) is 2.92. The van der Waals surface area contributed by atoms with Crippen molar-refractivity contribution in [2.75, 3.05) is 14.2 Å². The molecule has 0 spiro atoms. The maximum absolute atomic E-state index is 13.8. The molecule has 0 aromatic heterocycles. The summed E-state index contributed by atoms with van der Waals surface area (Å²) in [5.41, 5.74) is 0.321. The topological polar surface area (TPSA) is 18.5 Å². The third-order valence-corrected chi connectivity index (χ3v) is 3.53. The highest BCUT2D eigenvalue weighted by molar-refractivity contribution is 6.22. The van der Waals surface area contributed by atoms with Gasteiger partial charge in [0.1, 0.15) is 0 Å². The Morgan fingerprint density at radius 1 is 0.905 bits per heavy atom.